The highest BCUT2D eigenvalue weighted by atomic mass is 35.5. The zero-order valence-corrected chi connectivity index (χ0v) is 11.7. The minimum absolute atomic E-state index is 0.135. The van der Waals surface area contributed by atoms with Gasteiger partial charge in [-0.2, -0.15) is 0 Å². The lowest BCUT2D eigenvalue weighted by atomic mass is 10.3. The van der Waals surface area contributed by atoms with Crippen LogP contribution in [0.1, 0.15) is 5.69 Å². The van der Waals surface area contributed by atoms with E-state index in [-0.39, 0.29) is 4.90 Å². The van der Waals surface area contributed by atoms with Crippen LogP contribution in [0.15, 0.2) is 41.3 Å². The van der Waals surface area contributed by atoms with Crippen molar-refractivity contribution >= 4 is 33.0 Å². The largest absolute Gasteiger partial charge is 0.399 e. The number of aromatic nitrogens is 1. The SMILES string of the molecule is Cc1nc(Cl)ccc1NS(=O)(=O)c1ccc(N)cc1. The lowest BCUT2D eigenvalue weighted by Gasteiger charge is -2.10. The number of nitrogens with two attached hydrogens (primary N) is 1. The van der Waals surface area contributed by atoms with Gasteiger partial charge in [-0.05, 0) is 43.3 Å². The number of rotatable bonds is 3. The normalized spacial score (nSPS) is 11.3. The average molecular weight is 298 g/mol. The molecule has 0 aliphatic carbocycles. The number of hydrogen-bond donors (Lipinski definition) is 2. The molecule has 1 aromatic heterocycles. The molecule has 7 heteroatoms. The van der Waals surface area contributed by atoms with E-state index >= 15 is 0 Å². The predicted molar refractivity (Wildman–Crippen MR) is 75.6 cm³/mol. The third-order valence-electron chi connectivity index (χ3n) is 2.49. The van der Waals surface area contributed by atoms with Crippen LogP contribution in [0, 0.1) is 6.92 Å². The van der Waals surface area contributed by atoms with Gasteiger partial charge in [-0.1, -0.05) is 11.6 Å². The van der Waals surface area contributed by atoms with Gasteiger partial charge in [0.1, 0.15) is 5.15 Å². The maximum absolute atomic E-state index is 12.1. The summed E-state index contributed by atoms with van der Waals surface area (Å²) in [6.45, 7) is 1.67. The van der Waals surface area contributed by atoms with Crippen LogP contribution in [0.4, 0.5) is 11.4 Å². The van der Waals surface area contributed by atoms with Gasteiger partial charge in [0.25, 0.3) is 10.0 Å². The van der Waals surface area contributed by atoms with Gasteiger partial charge in [0.2, 0.25) is 0 Å². The molecule has 2 rings (SSSR count). The fourth-order valence-electron chi connectivity index (χ4n) is 1.49. The van der Waals surface area contributed by atoms with Crippen LogP contribution >= 0.6 is 11.6 Å². The summed E-state index contributed by atoms with van der Waals surface area (Å²) in [5, 5.41) is 0.313. The number of nitrogen functional groups attached to an aromatic ring is 1. The quantitative estimate of drug-likeness (QED) is 0.673. The summed E-state index contributed by atoms with van der Waals surface area (Å²) in [6.07, 6.45) is 0. The predicted octanol–water partition coefficient (Wildman–Crippen LogP) is 2.43. The van der Waals surface area contributed by atoms with Crippen molar-refractivity contribution < 1.29 is 8.42 Å². The number of nitrogens with zero attached hydrogens (tertiary/aromatic N) is 1. The second kappa shape index (κ2) is 5.07. The molecule has 5 nitrogen and oxygen atoms in total. The first-order valence-electron chi connectivity index (χ1n) is 5.40. The maximum Gasteiger partial charge on any atom is 0.261 e. The van der Waals surface area contributed by atoms with Crippen LogP contribution in [0.3, 0.4) is 0 Å². The van der Waals surface area contributed by atoms with Gasteiger partial charge in [-0.25, -0.2) is 13.4 Å². The van der Waals surface area contributed by atoms with E-state index in [9.17, 15) is 8.42 Å². The van der Waals surface area contributed by atoms with Crippen molar-refractivity contribution in [3.8, 4) is 0 Å². The molecule has 3 N–H and O–H groups in total. The average Bonchev–Trinajstić information content (AvgIpc) is 2.33. The molecule has 0 unspecified atom stereocenters. The second-order valence-electron chi connectivity index (χ2n) is 3.94. The molecule has 19 heavy (non-hydrogen) atoms. The Balaban J connectivity index is 2.33. The third kappa shape index (κ3) is 3.15. The first-order chi connectivity index (χ1) is 8.88. The first-order valence-corrected chi connectivity index (χ1v) is 7.26. The second-order valence-corrected chi connectivity index (χ2v) is 6.01. The Morgan fingerprint density at radius 1 is 1.16 bits per heavy atom. The van der Waals surface area contributed by atoms with Crippen LogP contribution in [-0.2, 0) is 10.0 Å². The Labute approximate surface area is 116 Å². The van der Waals surface area contributed by atoms with Crippen molar-refractivity contribution in [2.45, 2.75) is 11.8 Å². The number of anilines is 2. The van der Waals surface area contributed by atoms with Crippen molar-refractivity contribution in [2.24, 2.45) is 0 Å². The fourth-order valence-corrected chi connectivity index (χ4v) is 2.80. The minimum atomic E-state index is -3.65. The van der Waals surface area contributed by atoms with Crippen LogP contribution in [0.25, 0.3) is 0 Å². The number of pyridine rings is 1. The monoisotopic (exact) mass is 297 g/mol. The first kappa shape index (κ1) is 13.6. The smallest absolute Gasteiger partial charge is 0.261 e. The molecule has 0 amide bonds. The highest BCUT2D eigenvalue weighted by molar-refractivity contribution is 7.92. The number of halogens is 1. The number of benzene rings is 1. The molecule has 100 valence electrons. The van der Waals surface area contributed by atoms with Gasteiger partial charge in [-0.15, -0.1) is 0 Å². The number of sulfonamides is 1. The fraction of sp³-hybridized carbons (Fsp3) is 0.0833. The van der Waals surface area contributed by atoms with E-state index in [4.69, 9.17) is 17.3 Å². The van der Waals surface area contributed by atoms with Crippen molar-refractivity contribution in [1.29, 1.82) is 0 Å². The molecule has 0 aliphatic rings. The Bertz CT molecular complexity index is 699. The van der Waals surface area contributed by atoms with E-state index in [1.165, 1.54) is 30.3 Å². The van der Waals surface area contributed by atoms with Crippen LogP contribution in [0.5, 0.6) is 0 Å². The summed E-state index contributed by atoms with van der Waals surface area (Å²) >= 11 is 5.72. The molecular formula is C12H12ClN3O2S. The Kier molecular flexibility index (Phi) is 3.64. The van der Waals surface area contributed by atoms with Gasteiger partial charge in [0.15, 0.2) is 0 Å². The summed E-state index contributed by atoms with van der Waals surface area (Å²) in [4.78, 5) is 4.12. The van der Waals surface area contributed by atoms with E-state index in [0.717, 1.165) is 0 Å². The van der Waals surface area contributed by atoms with Crippen molar-refractivity contribution in [2.75, 3.05) is 10.5 Å². The summed E-state index contributed by atoms with van der Waals surface area (Å²) < 4.78 is 26.7. The zero-order chi connectivity index (χ0) is 14.0. The van der Waals surface area contributed by atoms with E-state index in [1.807, 2.05) is 0 Å². The molecule has 0 fully saturated rings. The van der Waals surface area contributed by atoms with Crippen molar-refractivity contribution in [3.63, 3.8) is 0 Å². The molecule has 0 saturated carbocycles. The van der Waals surface area contributed by atoms with E-state index in [1.54, 1.807) is 13.0 Å². The van der Waals surface area contributed by atoms with Crippen molar-refractivity contribution in [3.05, 3.63) is 47.2 Å². The van der Waals surface area contributed by atoms with Crippen LogP contribution < -0.4 is 10.5 Å². The highest BCUT2D eigenvalue weighted by Crippen LogP contribution is 2.20. The summed E-state index contributed by atoms with van der Waals surface area (Å²) in [5.41, 5.74) is 6.92. The Morgan fingerprint density at radius 3 is 2.37 bits per heavy atom. The molecule has 0 atom stereocenters. The highest BCUT2D eigenvalue weighted by Gasteiger charge is 2.15. The zero-order valence-electron chi connectivity index (χ0n) is 10.1. The van der Waals surface area contributed by atoms with Crippen LogP contribution in [0.2, 0.25) is 5.15 Å². The van der Waals surface area contributed by atoms with E-state index in [0.29, 0.717) is 22.2 Å². The van der Waals surface area contributed by atoms with Crippen LogP contribution in [-0.4, -0.2) is 13.4 Å². The van der Waals surface area contributed by atoms with E-state index < -0.39 is 10.0 Å². The molecule has 0 bridgehead atoms. The Hall–Kier alpha value is -1.79. The lowest BCUT2D eigenvalue weighted by molar-refractivity contribution is 0.601. The summed E-state index contributed by atoms with van der Waals surface area (Å²) in [6, 6.07) is 9.03. The maximum atomic E-state index is 12.1. The molecule has 1 heterocycles. The summed E-state index contributed by atoms with van der Waals surface area (Å²) in [5.74, 6) is 0. The molecular weight excluding hydrogens is 286 g/mol. The number of nitrogens with one attached hydrogen (secondary N) is 1. The number of hydrogen-bond acceptors (Lipinski definition) is 4. The molecule has 0 radical (unpaired) electrons. The van der Waals surface area contributed by atoms with Gasteiger partial charge in [0.05, 0.1) is 16.3 Å². The minimum Gasteiger partial charge on any atom is -0.399 e. The third-order valence-corrected chi connectivity index (χ3v) is 4.08. The molecule has 0 saturated heterocycles. The molecule has 0 aliphatic heterocycles. The standard InChI is InChI=1S/C12H12ClN3O2S/c1-8-11(6-7-12(13)15-8)16-19(17,18)10-4-2-9(14)3-5-10/h2-7,16H,14H2,1H3. The molecule has 0 spiro atoms. The Morgan fingerprint density at radius 2 is 1.79 bits per heavy atom. The van der Waals surface area contributed by atoms with Gasteiger partial charge >= 0.3 is 0 Å². The summed E-state index contributed by atoms with van der Waals surface area (Å²) in [7, 11) is -3.65. The molecule has 1 aromatic carbocycles. The van der Waals surface area contributed by atoms with Gasteiger partial charge < -0.3 is 5.73 Å². The topological polar surface area (TPSA) is 85.1 Å². The van der Waals surface area contributed by atoms with Gasteiger partial charge in [-0.3, -0.25) is 4.72 Å². The van der Waals surface area contributed by atoms with E-state index in [2.05, 4.69) is 9.71 Å². The van der Waals surface area contributed by atoms with Gasteiger partial charge in [0, 0.05) is 5.69 Å². The van der Waals surface area contributed by atoms with Crippen molar-refractivity contribution in [1.82, 2.24) is 4.98 Å². The molecule has 2 aromatic rings. The lowest BCUT2D eigenvalue weighted by Crippen LogP contribution is -2.14. The number of aryl methyl sites for hydroxylation is 1.